The van der Waals surface area contributed by atoms with Crippen LogP contribution in [0.25, 0.3) is 0 Å². The Morgan fingerprint density at radius 2 is 1.70 bits per heavy atom. The summed E-state index contributed by atoms with van der Waals surface area (Å²) in [6.45, 7) is 3.72. The van der Waals surface area contributed by atoms with Crippen molar-refractivity contribution < 1.29 is 31.5 Å². The molecule has 0 aliphatic carbocycles. The van der Waals surface area contributed by atoms with Gasteiger partial charge in [0, 0.05) is 5.56 Å². The minimum Gasteiger partial charge on any atom is -0.454 e. The van der Waals surface area contributed by atoms with E-state index in [9.17, 15) is 22.0 Å². The Hall–Kier alpha value is -2.68. The van der Waals surface area contributed by atoms with Gasteiger partial charge in [-0.1, -0.05) is 6.07 Å². The molecule has 2 aromatic carbocycles. The lowest BCUT2D eigenvalue weighted by Gasteiger charge is -2.27. The van der Waals surface area contributed by atoms with Gasteiger partial charge in [0.25, 0.3) is 5.91 Å². The molecule has 9 heteroatoms. The second-order valence-corrected chi connectivity index (χ2v) is 8.39. The summed E-state index contributed by atoms with van der Waals surface area (Å²) in [5, 5.41) is 2.83. The Balaban J connectivity index is 1.78. The van der Waals surface area contributed by atoms with Gasteiger partial charge >= 0.3 is 5.76 Å². The molecule has 0 spiro atoms. The summed E-state index contributed by atoms with van der Waals surface area (Å²) in [7, 11) is -4.69. The topological polar surface area (TPSA) is 81.7 Å². The number of hydrogen-bond acceptors (Lipinski definition) is 5. The number of carbonyl (C=O) groups excluding carboxylic acids is 1. The second kappa shape index (κ2) is 6.80. The van der Waals surface area contributed by atoms with E-state index in [1.807, 2.05) is 0 Å². The first kappa shape index (κ1) is 19.1. The van der Waals surface area contributed by atoms with Crippen LogP contribution in [0.1, 0.15) is 29.8 Å². The van der Waals surface area contributed by atoms with E-state index in [1.54, 1.807) is 32.0 Å². The summed E-state index contributed by atoms with van der Waals surface area (Å²) in [6, 6.07) is 9.68. The monoisotopic (exact) mass is 397 g/mol. The number of carbonyl (C=O) groups is 1. The number of sulfone groups is 1. The van der Waals surface area contributed by atoms with Crippen LogP contribution in [0.15, 0.2) is 47.4 Å². The highest BCUT2D eigenvalue weighted by molar-refractivity contribution is 7.91. The second-order valence-electron chi connectivity index (χ2n) is 6.48. The van der Waals surface area contributed by atoms with Crippen LogP contribution in [0.4, 0.5) is 8.78 Å². The Bertz CT molecular complexity index is 972. The maximum Gasteiger partial charge on any atom is 0.341 e. The van der Waals surface area contributed by atoms with E-state index >= 15 is 0 Å². The molecule has 1 amide bonds. The quantitative estimate of drug-likeness (QED) is 0.839. The molecular weight excluding hydrogens is 380 g/mol. The van der Waals surface area contributed by atoms with Gasteiger partial charge in [-0.3, -0.25) is 4.79 Å². The number of benzene rings is 2. The largest absolute Gasteiger partial charge is 0.454 e. The number of alkyl halides is 2. The third kappa shape index (κ3) is 3.73. The van der Waals surface area contributed by atoms with Crippen LogP contribution >= 0.6 is 0 Å². The minimum atomic E-state index is -4.69. The maximum absolute atomic E-state index is 12.6. The van der Waals surface area contributed by atoms with Gasteiger partial charge in [0.1, 0.15) is 0 Å². The van der Waals surface area contributed by atoms with Crippen LogP contribution in [-0.4, -0.2) is 26.9 Å². The molecule has 6 nitrogen and oxygen atoms in total. The molecule has 0 bridgehead atoms. The van der Waals surface area contributed by atoms with Crippen molar-refractivity contribution in [1.29, 1.82) is 0 Å². The Morgan fingerprint density at radius 1 is 1.07 bits per heavy atom. The molecule has 2 aromatic rings. The Morgan fingerprint density at radius 3 is 2.33 bits per heavy atom. The van der Waals surface area contributed by atoms with Gasteiger partial charge in [-0.25, -0.2) is 8.42 Å². The Labute approximate surface area is 155 Å². The summed E-state index contributed by atoms with van der Waals surface area (Å²) >= 11 is 0. The zero-order chi connectivity index (χ0) is 19.8. The highest BCUT2D eigenvalue weighted by Gasteiger charge is 2.28. The third-order valence-corrected chi connectivity index (χ3v) is 5.60. The number of fused-ring (bicyclic) bond motifs is 1. The number of hydrogen-bond donors (Lipinski definition) is 1. The summed E-state index contributed by atoms with van der Waals surface area (Å²) in [5.74, 6) is -2.78. The fourth-order valence-electron chi connectivity index (χ4n) is 2.61. The standard InChI is InChI=1S/C18H17F2NO5S/c1-18(2,12-5-8-14-15(9-12)26-10-25-14)21-16(22)11-3-6-13(7-4-11)27(23,24)17(19)20/h3-9,17H,10H2,1-2H3,(H,21,22). The van der Waals surface area contributed by atoms with Crippen molar-refractivity contribution in [3.63, 3.8) is 0 Å². The van der Waals surface area contributed by atoms with E-state index in [4.69, 9.17) is 9.47 Å². The smallest absolute Gasteiger partial charge is 0.341 e. The van der Waals surface area contributed by atoms with Crippen molar-refractivity contribution in [2.45, 2.75) is 30.0 Å². The van der Waals surface area contributed by atoms with Crippen LogP contribution in [0.5, 0.6) is 11.5 Å². The summed E-state index contributed by atoms with van der Waals surface area (Å²) < 4.78 is 58.6. The molecule has 144 valence electrons. The molecule has 0 saturated carbocycles. The summed E-state index contributed by atoms with van der Waals surface area (Å²) in [6.07, 6.45) is 0. The van der Waals surface area contributed by atoms with Crippen molar-refractivity contribution >= 4 is 15.7 Å². The first-order valence-electron chi connectivity index (χ1n) is 7.96. The number of ether oxygens (including phenoxy) is 2. The Kier molecular flexibility index (Phi) is 4.81. The minimum absolute atomic E-state index is 0.138. The molecule has 1 heterocycles. The van der Waals surface area contributed by atoms with E-state index in [-0.39, 0.29) is 12.4 Å². The lowest BCUT2D eigenvalue weighted by Crippen LogP contribution is -2.41. The van der Waals surface area contributed by atoms with Gasteiger partial charge in [0.05, 0.1) is 10.4 Å². The van der Waals surface area contributed by atoms with E-state index < -0.39 is 31.9 Å². The molecule has 0 saturated heterocycles. The molecule has 0 radical (unpaired) electrons. The van der Waals surface area contributed by atoms with E-state index in [1.165, 1.54) is 12.1 Å². The molecule has 3 rings (SSSR count). The fourth-order valence-corrected chi connectivity index (χ4v) is 3.33. The van der Waals surface area contributed by atoms with Crippen LogP contribution < -0.4 is 14.8 Å². The molecule has 0 unspecified atom stereocenters. The normalized spacial score (nSPS) is 13.7. The first-order valence-corrected chi connectivity index (χ1v) is 9.51. The van der Waals surface area contributed by atoms with E-state index in [2.05, 4.69) is 5.32 Å². The van der Waals surface area contributed by atoms with Gasteiger partial charge < -0.3 is 14.8 Å². The van der Waals surface area contributed by atoms with E-state index in [0.29, 0.717) is 11.5 Å². The van der Waals surface area contributed by atoms with Crippen molar-refractivity contribution in [3.05, 3.63) is 53.6 Å². The SMILES string of the molecule is CC(C)(NC(=O)c1ccc(S(=O)(=O)C(F)F)cc1)c1ccc2c(c1)OCO2. The average Bonchev–Trinajstić information content (AvgIpc) is 3.09. The van der Waals surface area contributed by atoms with Crippen molar-refractivity contribution in [2.24, 2.45) is 0 Å². The van der Waals surface area contributed by atoms with Crippen molar-refractivity contribution in [3.8, 4) is 11.5 Å². The van der Waals surface area contributed by atoms with Gasteiger partial charge in [-0.05, 0) is 55.8 Å². The number of halogens is 2. The predicted molar refractivity (Wildman–Crippen MR) is 92.7 cm³/mol. The average molecular weight is 397 g/mol. The van der Waals surface area contributed by atoms with Crippen LogP contribution in [0, 0.1) is 0 Å². The van der Waals surface area contributed by atoms with Crippen LogP contribution in [0.2, 0.25) is 0 Å². The van der Waals surface area contributed by atoms with Gasteiger partial charge in [-0.15, -0.1) is 0 Å². The molecule has 0 aromatic heterocycles. The van der Waals surface area contributed by atoms with Gasteiger partial charge in [0.15, 0.2) is 11.5 Å². The third-order valence-electron chi connectivity index (χ3n) is 4.20. The lowest BCUT2D eigenvalue weighted by atomic mass is 9.93. The highest BCUT2D eigenvalue weighted by Crippen LogP contribution is 2.35. The summed E-state index contributed by atoms with van der Waals surface area (Å²) in [4.78, 5) is 12.0. The molecule has 1 aliphatic rings. The molecule has 1 aliphatic heterocycles. The molecule has 27 heavy (non-hydrogen) atoms. The predicted octanol–water partition coefficient (Wildman–Crippen LogP) is 3.08. The molecular formula is C18H17F2NO5S. The van der Waals surface area contributed by atoms with Crippen LogP contribution in [0.3, 0.4) is 0 Å². The zero-order valence-corrected chi connectivity index (χ0v) is 15.3. The molecule has 0 fully saturated rings. The first-order chi connectivity index (χ1) is 12.6. The van der Waals surface area contributed by atoms with Crippen LogP contribution in [-0.2, 0) is 15.4 Å². The zero-order valence-electron chi connectivity index (χ0n) is 14.5. The number of amides is 1. The van der Waals surface area contributed by atoms with Gasteiger partial charge in [0.2, 0.25) is 16.6 Å². The van der Waals surface area contributed by atoms with Crippen molar-refractivity contribution in [2.75, 3.05) is 6.79 Å². The van der Waals surface area contributed by atoms with E-state index in [0.717, 1.165) is 17.7 Å². The maximum atomic E-state index is 12.6. The molecule has 0 atom stereocenters. The fraction of sp³-hybridized carbons (Fsp3) is 0.278. The molecule has 1 N–H and O–H groups in total. The number of rotatable bonds is 5. The van der Waals surface area contributed by atoms with Gasteiger partial charge in [-0.2, -0.15) is 8.78 Å². The van der Waals surface area contributed by atoms with Crippen molar-refractivity contribution in [1.82, 2.24) is 5.32 Å². The number of nitrogens with one attached hydrogen (secondary N) is 1. The lowest BCUT2D eigenvalue weighted by molar-refractivity contribution is 0.0911. The highest BCUT2D eigenvalue weighted by atomic mass is 32.2. The summed E-state index contributed by atoms with van der Waals surface area (Å²) in [5.41, 5.74) is 0.153.